The molecule has 0 aliphatic heterocycles. The van der Waals surface area contributed by atoms with Crippen LogP contribution in [0.5, 0.6) is 0 Å². The Morgan fingerprint density at radius 3 is 2.72 bits per heavy atom. The van der Waals surface area contributed by atoms with Crippen LogP contribution >= 0.6 is 11.6 Å². The van der Waals surface area contributed by atoms with E-state index in [1.54, 1.807) is 0 Å². The van der Waals surface area contributed by atoms with Crippen LogP contribution in [-0.2, 0) is 9.59 Å². The molecular formula is C12H12ClFN2O2. The maximum atomic E-state index is 12.9. The summed E-state index contributed by atoms with van der Waals surface area (Å²) in [6, 6.07) is 3.77. The molecule has 0 spiro atoms. The Bertz CT molecular complexity index is 477. The SMILES string of the molecule is C=CCNC(=O)CC(=O)Nc1ccc(F)c(Cl)c1. The fourth-order valence-electron chi connectivity index (χ4n) is 1.17. The molecule has 0 aliphatic rings. The van der Waals surface area contributed by atoms with Crippen molar-refractivity contribution in [3.8, 4) is 0 Å². The lowest BCUT2D eigenvalue weighted by atomic mass is 10.3. The quantitative estimate of drug-likeness (QED) is 0.636. The second kappa shape index (κ2) is 6.76. The molecule has 0 saturated carbocycles. The van der Waals surface area contributed by atoms with Crippen molar-refractivity contribution < 1.29 is 14.0 Å². The van der Waals surface area contributed by atoms with E-state index in [2.05, 4.69) is 17.2 Å². The van der Waals surface area contributed by atoms with Gasteiger partial charge in [0.15, 0.2) is 0 Å². The minimum Gasteiger partial charge on any atom is -0.352 e. The maximum absolute atomic E-state index is 12.9. The van der Waals surface area contributed by atoms with E-state index in [0.717, 1.165) is 6.07 Å². The van der Waals surface area contributed by atoms with Crippen molar-refractivity contribution in [1.82, 2.24) is 5.32 Å². The number of rotatable bonds is 5. The fourth-order valence-corrected chi connectivity index (χ4v) is 1.35. The number of benzene rings is 1. The molecule has 0 radical (unpaired) electrons. The molecule has 0 fully saturated rings. The molecule has 0 heterocycles. The Kier molecular flexibility index (Phi) is 5.32. The summed E-state index contributed by atoms with van der Waals surface area (Å²) in [6.07, 6.45) is 1.19. The van der Waals surface area contributed by atoms with E-state index in [0.29, 0.717) is 12.2 Å². The first-order valence-corrected chi connectivity index (χ1v) is 5.53. The second-order valence-corrected chi connectivity index (χ2v) is 3.85. The minimum absolute atomic E-state index is 0.0936. The van der Waals surface area contributed by atoms with Gasteiger partial charge in [0.05, 0.1) is 5.02 Å². The van der Waals surface area contributed by atoms with Crippen molar-refractivity contribution in [2.45, 2.75) is 6.42 Å². The first-order valence-electron chi connectivity index (χ1n) is 5.15. The molecule has 18 heavy (non-hydrogen) atoms. The van der Waals surface area contributed by atoms with Crippen molar-refractivity contribution in [3.63, 3.8) is 0 Å². The highest BCUT2D eigenvalue weighted by molar-refractivity contribution is 6.31. The van der Waals surface area contributed by atoms with Crippen molar-refractivity contribution >= 4 is 29.1 Å². The van der Waals surface area contributed by atoms with Gasteiger partial charge < -0.3 is 10.6 Å². The lowest BCUT2D eigenvalue weighted by Gasteiger charge is -2.06. The van der Waals surface area contributed by atoms with Crippen LogP contribution in [0.25, 0.3) is 0 Å². The first kappa shape index (κ1) is 14.2. The number of anilines is 1. The molecule has 0 aliphatic carbocycles. The van der Waals surface area contributed by atoms with E-state index < -0.39 is 17.6 Å². The highest BCUT2D eigenvalue weighted by Crippen LogP contribution is 2.19. The minimum atomic E-state index is -0.571. The van der Waals surface area contributed by atoms with E-state index >= 15 is 0 Å². The number of amides is 2. The standard InChI is InChI=1S/C12H12ClFN2O2/c1-2-5-15-11(17)7-12(18)16-8-3-4-10(14)9(13)6-8/h2-4,6H,1,5,7H2,(H,15,17)(H,16,18). The van der Waals surface area contributed by atoms with Gasteiger partial charge >= 0.3 is 0 Å². The van der Waals surface area contributed by atoms with Gasteiger partial charge in [-0.25, -0.2) is 4.39 Å². The van der Waals surface area contributed by atoms with E-state index in [-0.39, 0.29) is 11.4 Å². The molecule has 0 saturated heterocycles. The van der Waals surface area contributed by atoms with Crippen LogP contribution in [0, 0.1) is 5.82 Å². The van der Waals surface area contributed by atoms with Crippen LogP contribution in [0.3, 0.4) is 0 Å². The summed E-state index contributed by atoms with van der Waals surface area (Å²) in [4.78, 5) is 22.7. The molecule has 0 aromatic heterocycles. The number of hydrogen-bond donors (Lipinski definition) is 2. The summed E-state index contributed by atoms with van der Waals surface area (Å²) >= 11 is 5.55. The van der Waals surface area contributed by atoms with E-state index in [1.165, 1.54) is 18.2 Å². The third-order valence-corrected chi connectivity index (χ3v) is 2.26. The van der Waals surface area contributed by atoms with Crippen molar-refractivity contribution in [3.05, 3.63) is 41.7 Å². The van der Waals surface area contributed by atoms with E-state index in [4.69, 9.17) is 11.6 Å². The van der Waals surface area contributed by atoms with Crippen LogP contribution in [0.4, 0.5) is 10.1 Å². The van der Waals surface area contributed by atoms with Crippen molar-refractivity contribution in [2.75, 3.05) is 11.9 Å². The monoisotopic (exact) mass is 270 g/mol. The molecule has 1 rings (SSSR count). The zero-order valence-electron chi connectivity index (χ0n) is 9.50. The van der Waals surface area contributed by atoms with Crippen molar-refractivity contribution in [1.29, 1.82) is 0 Å². The Labute approximate surface area is 109 Å². The summed E-state index contributed by atoms with van der Waals surface area (Å²) in [5.41, 5.74) is 0.336. The average molecular weight is 271 g/mol. The molecule has 0 bridgehead atoms. The molecule has 1 aromatic carbocycles. The molecule has 6 heteroatoms. The topological polar surface area (TPSA) is 58.2 Å². The zero-order chi connectivity index (χ0) is 13.5. The average Bonchev–Trinajstić information content (AvgIpc) is 2.31. The van der Waals surface area contributed by atoms with E-state index in [1.807, 2.05) is 0 Å². The first-order chi connectivity index (χ1) is 8.52. The summed E-state index contributed by atoms with van der Waals surface area (Å²) in [5.74, 6) is -1.49. The zero-order valence-corrected chi connectivity index (χ0v) is 10.3. The molecule has 96 valence electrons. The fraction of sp³-hybridized carbons (Fsp3) is 0.167. The van der Waals surface area contributed by atoms with Crippen LogP contribution in [0.15, 0.2) is 30.9 Å². The molecule has 1 aromatic rings. The number of carbonyl (C=O) groups is 2. The Balaban J connectivity index is 2.51. The molecule has 4 nitrogen and oxygen atoms in total. The lowest BCUT2D eigenvalue weighted by molar-refractivity contribution is -0.126. The van der Waals surface area contributed by atoms with Gasteiger partial charge in [0.25, 0.3) is 0 Å². The Morgan fingerprint density at radius 1 is 1.39 bits per heavy atom. The van der Waals surface area contributed by atoms with Crippen LogP contribution in [0.2, 0.25) is 5.02 Å². The molecule has 0 atom stereocenters. The molecular weight excluding hydrogens is 259 g/mol. The van der Waals surface area contributed by atoms with Crippen LogP contribution in [-0.4, -0.2) is 18.4 Å². The summed E-state index contributed by atoms with van der Waals surface area (Å²) < 4.78 is 12.9. The van der Waals surface area contributed by atoms with E-state index in [9.17, 15) is 14.0 Å². The number of nitrogens with one attached hydrogen (secondary N) is 2. The van der Waals surface area contributed by atoms with Gasteiger partial charge in [0.1, 0.15) is 12.2 Å². The van der Waals surface area contributed by atoms with Gasteiger partial charge in [-0.2, -0.15) is 0 Å². The molecule has 0 unspecified atom stereocenters. The summed E-state index contributed by atoms with van der Waals surface area (Å²) in [6.45, 7) is 3.73. The van der Waals surface area contributed by atoms with Crippen LogP contribution < -0.4 is 10.6 Å². The summed E-state index contributed by atoms with van der Waals surface area (Å²) in [7, 11) is 0. The van der Waals surface area contributed by atoms with Gasteiger partial charge in [0.2, 0.25) is 11.8 Å². The lowest BCUT2D eigenvalue weighted by Crippen LogP contribution is -2.28. The highest BCUT2D eigenvalue weighted by Gasteiger charge is 2.09. The predicted molar refractivity (Wildman–Crippen MR) is 67.9 cm³/mol. The maximum Gasteiger partial charge on any atom is 0.233 e. The van der Waals surface area contributed by atoms with Gasteiger partial charge in [-0.1, -0.05) is 17.7 Å². The number of carbonyl (C=O) groups excluding carboxylic acids is 2. The third-order valence-electron chi connectivity index (χ3n) is 1.97. The summed E-state index contributed by atoms with van der Waals surface area (Å²) in [5, 5.41) is 4.81. The van der Waals surface area contributed by atoms with Gasteiger partial charge in [-0.15, -0.1) is 6.58 Å². The Morgan fingerprint density at radius 2 is 2.11 bits per heavy atom. The molecule has 2 N–H and O–H groups in total. The van der Waals surface area contributed by atoms with Gasteiger partial charge in [-0.05, 0) is 18.2 Å². The van der Waals surface area contributed by atoms with Crippen molar-refractivity contribution in [2.24, 2.45) is 0 Å². The highest BCUT2D eigenvalue weighted by atomic mass is 35.5. The number of hydrogen-bond acceptors (Lipinski definition) is 2. The van der Waals surface area contributed by atoms with Gasteiger partial charge in [-0.3, -0.25) is 9.59 Å². The second-order valence-electron chi connectivity index (χ2n) is 3.45. The molecule has 2 amide bonds. The smallest absolute Gasteiger partial charge is 0.233 e. The largest absolute Gasteiger partial charge is 0.352 e. The Hall–Kier alpha value is -1.88. The number of halogens is 2. The third kappa shape index (κ3) is 4.55. The normalized spacial score (nSPS) is 9.67. The van der Waals surface area contributed by atoms with Gasteiger partial charge in [0, 0.05) is 12.2 Å². The van der Waals surface area contributed by atoms with Crippen LogP contribution in [0.1, 0.15) is 6.42 Å². The predicted octanol–water partition coefficient (Wildman–Crippen LogP) is 2.11.